The Hall–Kier alpha value is -3.83. The molecule has 0 unspecified atom stereocenters. The molecule has 1 aromatic carbocycles. The Morgan fingerprint density at radius 1 is 1.06 bits per heavy atom. The number of aromatic nitrogens is 7. The summed E-state index contributed by atoms with van der Waals surface area (Å²) in [6, 6.07) is 5.22. The number of aryl methyl sites for hydroxylation is 2. The number of pyridine rings is 1. The number of rotatable bonds is 6. The fourth-order valence-corrected chi connectivity index (χ4v) is 4.41. The largest absolute Gasteiger partial charge is 0.363 e. The van der Waals surface area contributed by atoms with Crippen LogP contribution in [0.5, 0.6) is 0 Å². The predicted octanol–water partition coefficient (Wildman–Crippen LogP) is 4.37. The number of anilines is 2. The summed E-state index contributed by atoms with van der Waals surface area (Å²) in [5.41, 5.74) is 0.677. The van der Waals surface area contributed by atoms with E-state index in [-0.39, 0.29) is 5.56 Å². The second-order valence-corrected chi connectivity index (χ2v) is 8.59. The first-order chi connectivity index (χ1) is 16.8. The Bertz CT molecular complexity index is 1380. The number of halogens is 3. The van der Waals surface area contributed by atoms with Gasteiger partial charge in [-0.1, -0.05) is 18.2 Å². The van der Waals surface area contributed by atoms with E-state index in [1.807, 2.05) is 6.07 Å². The van der Waals surface area contributed by atoms with Crippen LogP contribution < -0.4 is 10.2 Å². The molecule has 5 rings (SSSR count). The molecule has 1 atom stereocenters. The highest BCUT2D eigenvalue weighted by Crippen LogP contribution is 2.35. The SMILES string of the molecule is Cc1nc(N[C@H](C)c2cccc(C(F)F)c2F)c2cc(-c3nnnn3C)c(N3CCCC3)nc2n1. The average molecular weight is 484 g/mol. The van der Waals surface area contributed by atoms with E-state index in [9.17, 15) is 13.2 Å². The smallest absolute Gasteiger partial charge is 0.266 e. The van der Waals surface area contributed by atoms with Gasteiger partial charge in [-0.3, -0.25) is 0 Å². The highest BCUT2D eigenvalue weighted by atomic mass is 19.3. The van der Waals surface area contributed by atoms with Crippen LogP contribution in [0.1, 0.15) is 49.2 Å². The number of benzene rings is 1. The lowest BCUT2D eigenvalue weighted by Gasteiger charge is -2.22. The zero-order valence-electron chi connectivity index (χ0n) is 19.5. The normalized spacial score (nSPS) is 14.8. The van der Waals surface area contributed by atoms with Gasteiger partial charge in [0.05, 0.1) is 22.6 Å². The molecule has 35 heavy (non-hydrogen) atoms. The Kier molecular flexibility index (Phi) is 5.95. The quantitative estimate of drug-likeness (QED) is 0.432. The van der Waals surface area contributed by atoms with Gasteiger partial charge in [-0.25, -0.2) is 32.8 Å². The van der Waals surface area contributed by atoms with Crippen molar-refractivity contribution in [2.45, 2.75) is 39.2 Å². The van der Waals surface area contributed by atoms with Crippen molar-refractivity contribution in [1.82, 2.24) is 35.2 Å². The zero-order chi connectivity index (χ0) is 24.7. The van der Waals surface area contributed by atoms with Crippen LogP contribution in [0.25, 0.3) is 22.4 Å². The van der Waals surface area contributed by atoms with Crippen LogP contribution in [-0.2, 0) is 7.05 Å². The summed E-state index contributed by atoms with van der Waals surface area (Å²) in [6.45, 7) is 5.16. The average Bonchev–Trinajstić information content (AvgIpc) is 3.50. The van der Waals surface area contributed by atoms with Gasteiger partial charge in [0.2, 0.25) is 0 Å². The Labute approximate surface area is 199 Å². The monoisotopic (exact) mass is 483 g/mol. The van der Waals surface area contributed by atoms with Gasteiger partial charge in [-0.15, -0.1) is 5.10 Å². The van der Waals surface area contributed by atoms with E-state index < -0.39 is 23.8 Å². The number of hydrogen-bond donors (Lipinski definition) is 1. The standard InChI is InChI=1S/C23H24F3N9/c1-12(14-7-6-8-15(18(14)24)19(25)26)27-20-16-11-17(23-31-32-33-34(23)3)22(35-9-4-5-10-35)30-21(16)29-13(2)28-20/h6-8,11-12,19H,4-5,9-10H2,1-3H3,(H,27,28,29,30)/t12-/m1/s1. The number of tetrazole rings is 1. The maximum absolute atomic E-state index is 14.8. The molecule has 182 valence electrons. The van der Waals surface area contributed by atoms with Gasteiger partial charge < -0.3 is 10.2 Å². The van der Waals surface area contributed by atoms with Crippen LogP contribution in [0, 0.1) is 12.7 Å². The highest BCUT2D eigenvalue weighted by Gasteiger charge is 2.25. The van der Waals surface area contributed by atoms with E-state index in [4.69, 9.17) is 4.98 Å². The summed E-state index contributed by atoms with van der Waals surface area (Å²) < 4.78 is 42.8. The molecule has 4 heterocycles. The van der Waals surface area contributed by atoms with Gasteiger partial charge >= 0.3 is 0 Å². The molecule has 12 heteroatoms. The Morgan fingerprint density at radius 2 is 1.80 bits per heavy atom. The van der Waals surface area contributed by atoms with E-state index >= 15 is 0 Å². The molecule has 1 aliphatic heterocycles. The van der Waals surface area contributed by atoms with E-state index in [1.165, 1.54) is 12.1 Å². The third-order valence-electron chi connectivity index (χ3n) is 6.16. The van der Waals surface area contributed by atoms with Crippen molar-refractivity contribution in [2.75, 3.05) is 23.3 Å². The Balaban J connectivity index is 1.63. The maximum Gasteiger partial charge on any atom is 0.266 e. The van der Waals surface area contributed by atoms with Crippen LogP contribution >= 0.6 is 0 Å². The number of hydrogen-bond acceptors (Lipinski definition) is 8. The van der Waals surface area contributed by atoms with Crippen LogP contribution in [0.15, 0.2) is 24.3 Å². The van der Waals surface area contributed by atoms with Crippen LogP contribution in [-0.4, -0.2) is 48.2 Å². The summed E-state index contributed by atoms with van der Waals surface area (Å²) in [5, 5.41) is 15.7. The Morgan fingerprint density at radius 3 is 2.49 bits per heavy atom. The summed E-state index contributed by atoms with van der Waals surface area (Å²) in [6.07, 6.45) is -0.779. The lowest BCUT2D eigenvalue weighted by atomic mass is 10.0. The molecule has 1 aliphatic rings. The van der Waals surface area contributed by atoms with Gasteiger partial charge in [0.25, 0.3) is 6.43 Å². The third-order valence-corrected chi connectivity index (χ3v) is 6.16. The van der Waals surface area contributed by atoms with Crippen LogP contribution in [0.3, 0.4) is 0 Å². The van der Waals surface area contributed by atoms with Gasteiger partial charge in [0, 0.05) is 25.7 Å². The molecule has 1 saturated heterocycles. The fourth-order valence-electron chi connectivity index (χ4n) is 4.41. The van der Waals surface area contributed by atoms with Gasteiger partial charge in [0.15, 0.2) is 11.5 Å². The molecular weight excluding hydrogens is 459 g/mol. The van der Waals surface area contributed by atoms with Crippen molar-refractivity contribution < 1.29 is 13.2 Å². The van der Waals surface area contributed by atoms with Crippen molar-refractivity contribution in [3.8, 4) is 11.4 Å². The molecule has 4 aromatic rings. The zero-order valence-corrected chi connectivity index (χ0v) is 19.5. The molecular formula is C23H24F3N9. The minimum Gasteiger partial charge on any atom is -0.363 e. The van der Waals surface area contributed by atoms with Gasteiger partial charge in [-0.05, 0) is 43.2 Å². The van der Waals surface area contributed by atoms with Crippen molar-refractivity contribution in [3.63, 3.8) is 0 Å². The molecule has 0 saturated carbocycles. The van der Waals surface area contributed by atoms with Crippen molar-refractivity contribution in [1.29, 1.82) is 0 Å². The van der Waals surface area contributed by atoms with E-state index in [0.717, 1.165) is 43.4 Å². The third kappa shape index (κ3) is 4.24. The van der Waals surface area contributed by atoms with Crippen LogP contribution in [0.4, 0.5) is 24.8 Å². The predicted molar refractivity (Wildman–Crippen MR) is 125 cm³/mol. The minimum absolute atomic E-state index is 0.117. The highest BCUT2D eigenvalue weighted by molar-refractivity contribution is 5.93. The first-order valence-electron chi connectivity index (χ1n) is 11.3. The minimum atomic E-state index is -2.90. The summed E-state index contributed by atoms with van der Waals surface area (Å²) in [5.74, 6) is 1.23. The second kappa shape index (κ2) is 9.08. The summed E-state index contributed by atoms with van der Waals surface area (Å²) in [4.78, 5) is 16.1. The van der Waals surface area contributed by atoms with E-state index in [2.05, 4.69) is 35.7 Å². The summed E-state index contributed by atoms with van der Waals surface area (Å²) in [7, 11) is 1.75. The lowest BCUT2D eigenvalue weighted by molar-refractivity contribution is 0.146. The molecule has 1 N–H and O–H groups in total. The second-order valence-electron chi connectivity index (χ2n) is 8.59. The molecule has 1 fully saturated rings. The molecule has 0 radical (unpaired) electrons. The molecule has 0 aliphatic carbocycles. The first-order valence-corrected chi connectivity index (χ1v) is 11.3. The topological polar surface area (TPSA) is 97.5 Å². The van der Waals surface area contributed by atoms with Crippen molar-refractivity contribution in [3.05, 3.63) is 47.0 Å². The van der Waals surface area contributed by atoms with Gasteiger partial charge in [-0.2, -0.15) is 0 Å². The molecule has 3 aromatic heterocycles. The van der Waals surface area contributed by atoms with E-state index in [0.29, 0.717) is 28.5 Å². The van der Waals surface area contributed by atoms with Gasteiger partial charge in [0.1, 0.15) is 23.3 Å². The van der Waals surface area contributed by atoms with E-state index in [1.54, 1.807) is 25.6 Å². The number of nitrogens with zero attached hydrogens (tertiary/aromatic N) is 8. The lowest BCUT2D eigenvalue weighted by Crippen LogP contribution is -2.21. The molecule has 0 amide bonds. The number of alkyl halides is 2. The summed E-state index contributed by atoms with van der Waals surface area (Å²) >= 11 is 0. The number of nitrogens with one attached hydrogen (secondary N) is 1. The van der Waals surface area contributed by atoms with Crippen LogP contribution in [0.2, 0.25) is 0 Å². The van der Waals surface area contributed by atoms with Crippen molar-refractivity contribution in [2.24, 2.45) is 7.05 Å². The maximum atomic E-state index is 14.8. The molecule has 0 spiro atoms. The fraction of sp³-hybridized carbons (Fsp3) is 0.391. The van der Waals surface area contributed by atoms with Crippen molar-refractivity contribution >= 4 is 22.7 Å². The molecule has 9 nitrogen and oxygen atoms in total. The molecule has 0 bridgehead atoms. The number of fused-ring (bicyclic) bond motifs is 1. The first kappa shape index (κ1) is 22.9.